The van der Waals surface area contributed by atoms with Gasteiger partial charge in [-0.2, -0.15) is 5.10 Å². The quantitative estimate of drug-likeness (QED) is 0.575. The number of aliphatic carboxylic acids is 1. The summed E-state index contributed by atoms with van der Waals surface area (Å²) < 4.78 is 6.65. The van der Waals surface area contributed by atoms with E-state index in [1.54, 1.807) is 55.6 Å². The van der Waals surface area contributed by atoms with Gasteiger partial charge >= 0.3 is 5.97 Å². The average Bonchev–Trinajstić information content (AvgIpc) is 3.18. The molecule has 0 spiro atoms. The second kappa shape index (κ2) is 7.92. The number of ether oxygens (including phenoxy) is 1. The van der Waals surface area contributed by atoms with Gasteiger partial charge in [-0.05, 0) is 42.0 Å². The molecular formula is C21H17ClN4O4. The molecule has 4 rings (SSSR count). The van der Waals surface area contributed by atoms with Gasteiger partial charge in [0.15, 0.2) is 0 Å². The molecule has 0 aliphatic carbocycles. The van der Waals surface area contributed by atoms with Crippen molar-refractivity contribution in [3.8, 4) is 5.75 Å². The summed E-state index contributed by atoms with van der Waals surface area (Å²) >= 11 is 6.33. The Morgan fingerprint density at radius 1 is 1.20 bits per heavy atom. The summed E-state index contributed by atoms with van der Waals surface area (Å²) in [7, 11) is 1.56. The van der Waals surface area contributed by atoms with Gasteiger partial charge in [-0.15, -0.1) is 0 Å². The molecule has 1 atom stereocenters. The van der Waals surface area contributed by atoms with Crippen molar-refractivity contribution in [2.24, 2.45) is 0 Å². The summed E-state index contributed by atoms with van der Waals surface area (Å²) in [5, 5.41) is 19.9. The highest BCUT2D eigenvalue weighted by atomic mass is 35.5. The SMILES string of the molecule is COc1ccc(NC(=O)c2cnn3c2NC(C(=O)O)=C[C@@H]3c2ccccc2Cl)cc1. The van der Waals surface area contributed by atoms with Gasteiger partial charge in [0.2, 0.25) is 0 Å². The molecule has 30 heavy (non-hydrogen) atoms. The van der Waals surface area contributed by atoms with Gasteiger partial charge in [0.1, 0.15) is 28.9 Å². The lowest BCUT2D eigenvalue weighted by molar-refractivity contribution is -0.132. The minimum atomic E-state index is -1.15. The van der Waals surface area contributed by atoms with Gasteiger partial charge in [0, 0.05) is 10.7 Å². The molecule has 8 nitrogen and oxygen atoms in total. The lowest BCUT2D eigenvalue weighted by Gasteiger charge is -2.25. The van der Waals surface area contributed by atoms with E-state index in [4.69, 9.17) is 16.3 Å². The summed E-state index contributed by atoms with van der Waals surface area (Å²) in [5.74, 6) is -0.651. The molecule has 2 heterocycles. The zero-order chi connectivity index (χ0) is 21.3. The summed E-state index contributed by atoms with van der Waals surface area (Å²) in [6, 6.07) is 13.4. The number of allylic oxidation sites excluding steroid dienone is 1. The molecule has 152 valence electrons. The van der Waals surface area contributed by atoms with Crippen molar-refractivity contribution in [1.29, 1.82) is 0 Å². The van der Waals surface area contributed by atoms with E-state index in [0.29, 0.717) is 22.0 Å². The molecule has 0 saturated carbocycles. The predicted molar refractivity (Wildman–Crippen MR) is 112 cm³/mol. The Bertz CT molecular complexity index is 1150. The van der Waals surface area contributed by atoms with Gasteiger partial charge in [-0.1, -0.05) is 29.8 Å². The van der Waals surface area contributed by atoms with Crippen molar-refractivity contribution in [1.82, 2.24) is 9.78 Å². The lowest BCUT2D eigenvalue weighted by atomic mass is 10.0. The number of methoxy groups -OCH3 is 1. The van der Waals surface area contributed by atoms with E-state index in [-0.39, 0.29) is 17.1 Å². The van der Waals surface area contributed by atoms with Crippen molar-refractivity contribution in [3.05, 3.63) is 82.7 Å². The summed E-state index contributed by atoms with van der Waals surface area (Å²) in [4.78, 5) is 24.5. The Balaban J connectivity index is 1.70. The number of hydrogen-bond donors (Lipinski definition) is 3. The number of halogens is 1. The number of carbonyl (C=O) groups is 2. The molecule has 1 aromatic heterocycles. The monoisotopic (exact) mass is 424 g/mol. The molecule has 3 aromatic rings. The maximum atomic E-state index is 12.9. The molecule has 1 aliphatic rings. The number of rotatable bonds is 5. The molecule has 0 radical (unpaired) electrons. The van der Waals surface area contributed by atoms with Crippen LogP contribution in [0, 0.1) is 0 Å². The van der Waals surface area contributed by atoms with E-state index >= 15 is 0 Å². The standard InChI is InChI=1S/C21H17ClN4O4/c1-30-13-8-6-12(7-9-13)24-20(27)15-11-23-26-18(14-4-2-3-5-16(14)22)10-17(21(28)29)25-19(15)26/h2-11,18,25H,1H3,(H,24,27)(H,28,29)/t18-/m1/s1. The Morgan fingerprint density at radius 3 is 2.60 bits per heavy atom. The summed E-state index contributed by atoms with van der Waals surface area (Å²) in [6.45, 7) is 0. The third-order valence-corrected chi connectivity index (χ3v) is 5.03. The van der Waals surface area contributed by atoms with Crippen LogP contribution in [0.3, 0.4) is 0 Å². The van der Waals surface area contributed by atoms with Gasteiger partial charge in [0.25, 0.3) is 5.91 Å². The molecule has 2 aromatic carbocycles. The van der Waals surface area contributed by atoms with E-state index in [0.717, 1.165) is 0 Å². The maximum Gasteiger partial charge on any atom is 0.352 e. The number of carboxylic acid groups (broad SMARTS) is 1. The number of fused-ring (bicyclic) bond motifs is 1. The van der Waals surface area contributed by atoms with Gasteiger partial charge in [0.05, 0.1) is 13.3 Å². The normalized spacial score (nSPS) is 14.9. The van der Waals surface area contributed by atoms with Crippen LogP contribution in [0.5, 0.6) is 5.75 Å². The average molecular weight is 425 g/mol. The molecule has 0 bridgehead atoms. The van der Waals surface area contributed by atoms with Crippen LogP contribution >= 0.6 is 11.6 Å². The van der Waals surface area contributed by atoms with Crippen LogP contribution in [0.2, 0.25) is 5.02 Å². The molecule has 3 N–H and O–H groups in total. The zero-order valence-corrected chi connectivity index (χ0v) is 16.6. The number of carbonyl (C=O) groups excluding carboxylic acids is 1. The molecule has 0 fully saturated rings. The van der Waals surface area contributed by atoms with Gasteiger partial charge in [-0.25, -0.2) is 9.48 Å². The van der Waals surface area contributed by atoms with Crippen molar-refractivity contribution in [2.45, 2.75) is 6.04 Å². The maximum absolute atomic E-state index is 12.9. The third kappa shape index (κ3) is 3.60. The van der Waals surface area contributed by atoms with Crippen LogP contribution in [0.1, 0.15) is 22.0 Å². The highest BCUT2D eigenvalue weighted by molar-refractivity contribution is 6.31. The predicted octanol–water partition coefficient (Wildman–Crippen LogP) is 3.78. The van der Waals surface area contributed by atoms with Crippen LogP contribution in [0.25, 0.3) is 0 Å². The van der Waals surface area contributed by atoms with Crippen LogP contribution in [-0.4, -0.2) is 33.9 Å². The fraction of sp³-hybridized carbons (Fsp3) is 0.0952. The third-order valence-electron chi connectivity index (χ3n) is 4.68. The van der Waals surface area contributed by atoms with Crippen molar-refractivity contribution >= 4 is 35.0 Å². The Morgan fingerprint density at radius 2 is 1.93 bits per heavy atom. The Hall–Kier alpha value is -3.78. The van der Waals surface area contributed by atoms with Crippen molar-refractivity contribution in [3.63, 3.8) is 0 Å². The first kappa shape index (κ1) is 19.5. The first-order valence-corrected chi connectivity index (χ1v) is 9.35. The molecular weight excluding hydrogens is 408 g/mol. The minimum absolute atomic E-state index is 0.0635. The van der Waals surface area contributed by atoms with Crippen molar-refractivity contribution < 1.29 is 19.4 Å². The number of hydrogen-bond acceptors (Lipinski definition) is 5. The smallest absolute Gasteiger partial charge is 0.352 e. The van der Waals surface area contributed by atoms with Gasteiger partial charge in [-0.3, -0.25) is 4.79 Å². The number of nitrogens with one attached hydrogen (secondary N) is 2. The van der Waals surface area contributed by atoms with E-state index in [9.17, 15) is 14.7 Å². The van der Waals surface area contributed by atoms with Crippen LogP contribution in [0.4, 0.5) is 11.5 Å². The zero-order valence-electron chi connectivity index (χ0n) is 15.8. The first-order valence-electron chi connectivity index (χ1n) is 8.97. The molecule has 0 saturated heterocycles. The Labute approximate surface area is 176 Å². The fourth-order valence-corrected chi connectivity index (χ4v) is 3.44. The number of benzene rings is 2. The van der Waals surface area contributed by atoms with Crippen LogP contribution < -0.4 is 15.4 Å². The number of carboxylic acids is 1. The first-order chi connectivity index (χ1) is 14.5. The van der Waals surface area contributed by atoms with Gasteiger partial charge < -0.3 is 20.5 Å². The highest BCUT2D eigenvalue weighted by Gasteiger charge is 2.30. The molecule has 9 heteroatoms. The van der Waals surface area contributed by atoms with Crippen LogP contribution in [-0.2, 0) is 4.79 Å². The van der Waals surface area contributed by atoms with Crippen molar-refractivity contribution in [2.75, 3.05) is 17.7 Å². The minimum Gasteiger partial charge on any atom is -0.497 e. The number of aromatic nitrogens is 2. The second-order valence-corrected chi connectivity index (χ2v) is 6.92. The second-order valence-electron chi connectivity index (χ2n) is 6.51. The van der Waals surface area contributed by atoms with E-state index in [1.165, 1.54) is 17.0 Å². The summed E-state index contributed by atoms with van der Waals surface area (Å²) in [5.41, 5.74) is 1.38. The molecule has 1 amide bonds. The number of amides is 1. The van der Waals surface area contributed by atoms with E-state index < -0.39 is 17.9 Å². The number of anilines is 2. The molecule has 0 unspecified atom stereocenters. The fourth-order valence-electron chi connectivity index (χ4n) is 3.20. The topological polar surface area (TPSA) is 105 Å². The highest BCUT2D eigenvalue weighted by Crippen LogP contribution is 2.35. The van der Waals surface area contributed by atoms with E-state index in [2.05, 4.69) is 15.7 Å². The van der Waals surface area contributed by atoms with Crippen LogP contribution in [0.15, 0.2) is 66.5 Å². The molecule has 1 aliphatic heterocycles. The Kier molecular flexibility index (Phi) is 5.16. The summed E-state index contributed by atoms with van der Waals surface area (Å²) in [6.07, 6.45) is 2.90. The largest absolute Gasteiger partial charge is 0.497 e. The number of nitrogens with zero attached hydrogens (tertiary/aromatic N) is 2. The lowest BCUT2D eigenvalue weighted by Crippen LogP contribution is -2.25. The van der Waals surface area contributed by atoms with E-state index in [1.807, 2.05) is 0 Å².